The highest BCUT2D eigenvalue weighted by Crippen LogP contribution is 2.31. The molecule has 6 nitrogen and oxygen atoms in total. The molecular weight excluding hydrogens is 448 g/mol. The van der Waals surface area contributed by atoms with Gasteiger partial charge in [-0.25, -0.2) is 8.42 Å². The number of nitrogens with zero attached hydrogens (tertiary/aromatic N) is 1. The largest absolute Gasteiger partial charge is 0.487 e. The summed E-state index contributed by atoms with van der Waals surface area (Å²) in [6, 6.07) is 18.8. The van der Waals surface area contributed by atoms with Crippen molar-refractivity contribution in [1.82, 2.24) is 4.90 Å². The fourth-order valence-corrected chi connectivity index (χ4v) is 4.74. The van der Waals surface area contributed by atoms with E-state index in [1.54, 1.807) is 30.3 Å². The van der Waals surface area contributed by atoms with Gasteiger partial charge in [-0.05, 0) is 68.4 Å². The van der Waals surface area contributed by atoms with Crippen LogP contribution in [0, 0.1) is 6.92 Å². The Kier molecular flexibility index (Phi) is 6.60. The van der Waals surface area contributed by atoms with Crippen molar-refractivity contribution in [2.45, 2.75) is 24.3 Å². The Bertz CT molecular complexity index is 1200. The first kappa shape index (κ1) is 22.5. The van der Waals surface area contributed by atoms with Gasteiger partial charge in [-0.15, -0.1) is 0 Å². The van der Waals surface area contributed by atoms with Crippen LogP contribution in [-0.2, 0) is 10.0 Å². The number of ether oxygens (including phenoxy) is 2. The molecule has 3 aromatic rings. The van der Waals surface area contributed by atoms with Crippen LogP contribution in [0.1, 0.15) is 12.0 Å². The molecule has 1 atom stereocenters. The average molecular weight is 473 g/mol. The third-order valence-electron chi connectivity index (χ3n) is 5.28. The predicted molar refractivity (Wildman–Crippen MR) is 126 cm³/mol. The number of anilines is 1. The van der Waals surface area contributed by atoms with Gasteiger partial charge in [-0.1, -0.05) is 29.8 Å². The zero-order valence-corrected chi connectivity index (χ0v) is 19.5. The lowest BCUT2D eigenvalue weighted by Gasteiger charge is -2.16. The molecule has 0 aliphatic carbocycles. The number of benzene rings is 3. The molecule has 0 unspecified atom stereocenters. The average Bonchev–Trinajstić information content (AvgIpc) is 3.17. The van der Waals surface area contributed by atoms with Crippen LogP contribution >= 0.6 is 11.6 Å². The second-order valence-corrected chi connectivity index (χ2v) is 9.97. The molecular formula is C24H25ClN2O4S. The Morgan fingerprint density at radius 1 is 1.03 bits per heavy atom. The van der Waals surface area contributed by atoms with E-state index in [4.69, 9.17) is 21.1 Å². The van der Waals surface area contributed by atoms with Crippen LogP contribution < -0.4 is 14.2 Å². The van der Waals surface area contributed by atoms with E-state index in [2.05, 4.69) is 9.62 Å². The van der Waals surface area contributed by atoms with Crippen molar-refractivity contribution < 1.29 is 17.9 Å². The van der Waals surface area contributed by atoms with E-state index in [1.165, 1.54) is 12.1 Å². The number of rotatable bonds is 7. The molecule has 1 saturated heterocycles. The van der Waals surface area contributed by atoms with Gasteiger partial charge >= 0.3 is 0 Å². The number of sulfonamides is 1. The molecule has 1 fully saturated rings. The predicted octanol–water partition coefficient (Wildman–Crippen LogP) is 5.32. The van der Waals surface area contributed by atoms with Gasteiger partial charge in [-0.3, -0.25) is 4.72 Å². The van der Waals surface area contributed by atoms with Crippen molar-refractivity contribution >= 4 is 27.3 Å². The van der Waals surface area contributed by atoms with Gasteiger partial charge in [0.15, 0.2) is 0 Å². The molecule has 168 valence electrons. The molecule has 1 aliphatic rings. The third-order valence-corrected chi connectivity index (χ3v) is 6.99. The first-order valence-corrected chi connectivity index (χ1v) is 12.2. The summed E-state index contributed by atoms with van der Waals surface area (Å²) in [5.41, 5.74) is 1.38. The lowest BCUT2D eigenvalue weighted by atomic mass is 10.2. The van der Waals surface area contributed by atoms with Crippen molar-refractivity contribution in [3.05, 3.63) is 77.3 Å². The fraction of sp³-hybridized carbons (Fsp3) is 0.250. The minimum Gasteiger partial charge on any atom is -0.487 e. The summed E-state index contributed by atoms with van der Waals surface area (Å²) in [4.78, 5) is 2.31. The Labute approximate surface area is 193 Å². The van der Waals surface area contributed by atoms with Crippen molar-refractivity contribution in [1.29, 1.82) is 0 Å². The lowest BCUT2D eigenvalue weighted by Crippen LogP contribution is -2.21. The van der Waals surface area contributed by atoms with Gasteiger partial charge in [0.05, 0.1) is 15.6 Å². The van der Waals surface area contributed by atoms with E-state index in [0.29, 0.717) is 22.2 Å². The number of hydrogen-bond acceptors (Lipinski definition) is 5. The standard InChI is InChI=1S/C24H25ClN2O4S/c1-17-5-3-4-6-23(17)30-19-8-10-21(11-9-19)32(28,29)26-18-7-12-22(25)24(15-18)31-20-13-14-27(2)16-20/h3-12,15,20,26H,13-14,16H2,1-2H3/t20-/m1/s1. The molecule has 8 heteroatoms. The monoisotopic (exact) mass is 472 g/mol. The van der Waals surface area contributed by atoms with Crippen molar-refractivity contribution in [3.8, 4) is 17.2 Å². The molecule has 1 N–H and O–H groups in total. The molecule has 0 spiro atoms. The van der Waals surface area contributed by atoms with E-state index in [-0.39, 0.29) is 11.0 Å². The van der Waals surface area contributed by atoms with Gasteiger partial charge in [0.1, 0.15) is 23.4 Å². The fourth-order valence-electron chi connectivity index (χ4n) is 3.53. The second kappa shape index (κ2) is 9.40. The minimum atomic E-state index is -3.79. The molecule has 4 rings (SSSR count). The Morgan fingerprint density at radius 2 is 1.78 bits per heavy atom. The topological polar surface area (TPSA) is 67.9 Å². The minimum absolute atomic E-state index is 0.0325. The number of likely N-dealkylation sites (N-methyl/N-ethyl adjacent to an activating group) is 1. The highest BCUT2D eigenvalue weighted by Gasteiger charge is 2.22. The summed E-state index contributed by atoms with van der Waals surface area (Å²) in [7, 11) is -1.75. The number of aryl methyl sites for hydroxylation is 1. The smallest absolute Gasteiger partial charge is 0.261 e. The summed E-state index contributed by atoms with van der Waals surface area (Å²) in [5, 5.41) is 0.445. The second-order valence-electron chi connectivity index (χ2n) is 7.88. The van der Waals surface area contributed by atoms with Crippen LogP contribution in [0.5, 0.6) is 17.2 Å². The Morgan fingerprint density at radius 3 is 2.47 bits per heavy atom. The van der Waals surface area contributed by atoms with Gasteiger partial charge in [0, 0.05) is 19.2 Å². The van der Waals surface area contributed by atoms with E-state index >= 15 is 0 Å². The zero-order valence-electron chi connectivity index (χ0n) is 17.9. The number of para-hydroxylation sites is 1. The van der Waals surface area contributed by atoms with Gasteiger partial charge in [0.2, 0.25) is 0 Å². The van der Waals surface area contributed by atoms with E-state index in [0.717, 1.165) is 30.8 Å². The van der Waals surface area contributed by atoms with Gasteiger partial charge in [-0.2, -0.15) is 0 Å². The summed E-state index contributed by atoms with van der Waals surface area (Å²) in [6.45, 7) is 3.72. The summed E-state index contributed by atoms with van der Waals surface area (Å²) in [6.07, 6.45) is 0.935. The molecule has 32 heavy (non-hydrogen) atoms. The number of halogens is 1. The summed E-state index contributed by atoms with van der Waals surface area (Å²) in [5.74, 6) is 1.75. The van der Waals surface area contributed by atoms with Crippen LogP contribution in [0.15, 0.2) is 71.6 Å². The first-order chi connectivity index (χ1) is 15.3. The Hall–Kier alpha value is -2.74. The van der Waals surface area contributed by atoms with Crippen LogP contribution in [0.4, 0.5) is 5.69 Å². The van der Waals surface area contributed by atoms with Crippen molar-refractivity contribution in [3.63, 3.8) is 0 Å². The van der Waals surface area contributed by atoms with Crippen LogP contribution in [0.3, 0.4) is 0 Å². The van der Waals surface area contributed by atoms with Crippen LogP contribution in [0.2, 0.25) is 5.02 Å². The molecule has 1 heterocycles. The normalized spacial score (nSPS) is 16.7. The number of hydrogen-bond donors (Lipinski definition) is 1. The molecule has 0 saturated carbocycles. The molecule has 0 bridgehead atoms. The SMILES string of the molecule is Cc1ccccc1Oc1ccc(S(=O)(=O)Nc2ccc(Cl)c(O[C@@H]3CCN(C)C3)c2)cc1. The number of likely N-dealkylation sites (tertiary alicyclic amines) is 1. The Balaban J connectivity index is 1.47. The molecule has 1 aliphatic heterocycles. The summed E-state index contributed by atoms with van der Waals surface area (Å²) < 4.78 is 40.2. The van der Waals surface area contributed by atoms with E-state index in [1.807, 2.05) is 38.2 Å². The zero-order chi connectivity index (χ0) is 22.7. The maximum Gasteiger partial charge on any atom is 0.261 e. The van der Waals surface area contributed by atoms with E-state index in [9.17, 15) is 8.42 Å². The lowest BCUT2D eigenvalue weighted by molar-refractivity contribution is 0.208. The van der Waals surface area contributed by atoms with Gasteiger partial charge < -0.3 is 14.4 Å². The third kappa shape index (κ3) is 5.35. The van der Waals surface area contributed by atoms with Crippen LogP contribution in [0.25, 0.3) is 0 Å². The van der Waals surface area contributed by atoms with Crippen molar-refractivity contribution in [2.24, 2.45) is 0 Å². The number of nitrogens with one attached hydrogen (secondary N) is 1. The maximum atomic E-state index is 12.9. The molecule has 0 amide bonds. The van der Waals surface area contributed by atoms with E-state index < -0.39 is 10.0 Å². The molecule has 3 aromatic carbocycles. The van der Waals surface area contributed by atoms with Crippen LogP contribution in [-0.4, -0.2) is 39.6 Å². The molecule has 0 aromatic heterocycles. The maximum absolute atomic E-state index is 12.9. The quantitative estimate of drug-likeness (QED) is 0.503. The first-order valence-electron chi connectivity index (χ1n) is 10.3. The van der Waals surface area contributed by atoms with Crippen molar-refractivity contribution in [2.75, 3.05) is 24.9 Å². The summed E-state index contributed by atoms with van der Waals surface area (Å²) >= 11 is 6.26. The highest BCUT2D eigenvalue weighted by atomic mass is 35.5. The molecule has 0 radical (unpaired) electrons. The van der Waals surface area contributed by atoms with Gasteiger partial charge in [0.25, 0.3) is 10.0 Å². The highest BCUT2D eigenvalue weighted by molar-refractivity contribution is 7.92.